The molecule has 0 radical (unpaired) electrons. The summed E-state index contributed by atoms with van der Waals surface area (Å²) in [5.41, 5.74) is 8.14. The molecule has 0 amide bonds. The monoisotopic (exact) mass is 811 g/mol. The van der Waals surface area contributed by atoms with Gasteiger partial charge in [-0.15, -0.1) is 0 Å². The summed E-state index contributed by atoms with van der Waals surface area (Å²) in [6.07, 6.45) is 0. The zero-order valence-corrected chi connectivity index (χ0v) is 32.8. The van der Waals surface area contributed by atoms with E-state index in [1.165, 1.54) is 0 Å². The fraction of sp³-hybridized carbons (Fsp3) is 0.136. The summed E-state index contributed by atoms with van der Waals surface area (Å²) in [6.45, 7) is 3.19. The SMILES string of the molecule is CC(Nc1ccc(Nc2ccc(NC(C)C(=O)O)c(C(c3ccc(Cl)cc3)c3ccc(Cl)cc3)c2)cc1C(c1ccc(Cl)cc1)c1ccc(Cl)cc1)C(=O)O. The molecule has 0 spiro atoms. The Morgan fingerprint density at radius 2 is 0.727 bits per heavy atom. The minimum absolute atomic E-state index is 0.335. The van der Waals surface area contributed by atoms with E-state index in [-0.39, 0.29) is 11.8 Å². The number of carboxylic acids is 2. The molecule has 0 aliphatic carbocycles. The van der Waals surface area contributed by atoms with Crippen molar-refractivity contribution in [2.24, 2.45) is 0 Å². The normalized spacial score (nSPS) is 12.3. The number of aliphatic carboxylic acids is 2. The van der Waals surface area contributed by atoms with Crippen molar-refractivity contribution in [3.63, 3.8) is 0 Å². The Balaban J connectivity index is 1.50. The molecule has 0 saturated heterocycles. The number of rotatable bonds is 14. The zero-order valence-electron chi connectivity index (χ0n) is 29.7. The number of nitrogens with one attached hydrogen (secondary N) is 3. The number of halogens is 4. The van der Waals surface area contributed by atoms with E-state index in [0.717, 1.165) is 44.8 Å². The van der Waals surface area contributed by atoms with Crippen LogP contribution in [-0.4, -0.2) is 34.2 Å². The number of carbonyl (C=O) groups is 2. The molecule has 11 heteroatoms. The second-order valence-electron chi connectivity index (χ2n) is 13.2. The van der Waals surface area contributed by atoms with Crippen molar-refractivity contribution in [3.05, 3.63) is 187 Å². The lowest BCUT2D eigenvalue weighted by atomic mass is 9.83. The van der Waals surface area contributed by atoms with Crippen LogP contribution in [0.4, 0.5) is 22.7 Å². The lowest BCUT2D eigenvalue weighted by molar-refractivity contribution is -0.138. The third-order valence-electron chi connectivity index (χ3n) is 9.31. The summed E-state index contributed by atoms with van der Waals surface area (Å²) in [6, 6.07) is 40.0. The van der Waals surface area contributed by atoms with Crippen LogP contribution < -0.4 is 16.0 Å². The fourth-order valence-corrected chi connectivity index (χ4v) is 7.01. The summed E-state index contributed by atoms with van der Waals surface area (Å²) < 4.78 is 0. The number of carboxylic acid groups (broad SMARTS) is 2. The first-order chi connectivity index (χ1) is 26.4. The van der Waals surface area contributed by atoms with Crippen LogP contribution >= 0.6 is 46.4 Å². The van der Waals surface area contributed by atoms with Crippen LogP contribution in [0.1, 0.15) is 59.1 Å². The third kappa shape index (κ3) is 9.74. The first-order valence-corrected chi connectivity index (χ1v) is 18.9. The maximum Gasteiger partial charge on any atom is 0.325 e. The number of hydrogen-bond acceptors (Lipinski definition) is 5. The van der Waals surface area contributed by atoms with E-state index in [9.17, 15) is 19.8 Å². The highest BCUT2D eigenvalue weighted by atomic mass is 35.5. The predicted molar refractivity (Wildman–Crippen MR) is 225 cm³/mol. The molecule has 0 fully saturated rings. The Bertz CT molecular complexity index is 2030. The topological polar surface area (TPSA) is 111 Å². The van der Waals surface area contributed by atoms with Gasteiger partial charge in [-0.3, -0.25) is 9.59 Å². The fourth-order valence-electron chi connectivity index (χ4n) is 6.50. The van der Waals surface area contributed by atoms with Crippen LogP contribution in [0.3, 0.4) is 0 Å². The highest BCUT2D eigenvalue weighted by Gasteiger charge is 2.25. The first-order valence-electron chi connectivity index (χ1n) is 17.4. The summed E-state index contributed by atoms with van der Waals surface area (Å²) in [5, 5.41) is 32.0. The van der Waals surface area contributed by atoms with Gasteiger partial charge in [0.15, 0.2) is 0 Å². The van der Waals surface area contributed by atoms with Crippen molar-refractivity contribution in [2.75, 3.05) is 16.0 Å². The molecule has 0 aromatic heterocycles. The number of anilines is 4. The van der Waals surface area contributed by atoms with Gasteiger partial charge in [0.2, 0.25) is 0 Å². The van der Waals surface area contributed by atoms with Crippen LogP contribution in [0.25, 0.3) is 0 Å². The van der Waals surface area contributed by atoms with E-state index in [1.807, 2.05) is 133 Å². The molecule has 6 aromatic carbocycles. The lowest BCUT2D eigenvalue weighted by Crippen LogP contribution is -2.26. The summed E-state index contributed by atoms with van der Waals surface area (Å²) in [5.74, 6) is -2.65. The lowest BCUT2D eigenvalue weighted by Gasteiger charge is -2.26. The van der Waals surface area contributed by atoms with E-state index in [1.54, 1.807) is 13.8 Å². The highest BCUT2D eigenvalue weighted by molar-refractivity contribution is 6.31. The largest absolute Gasteiger partial charge is 0.480 e. The zero-order chi connectivity index (χ0) is 39.2. The van der Waals surface area contributed by atoms with Crippen molar-refractivity contribution in [1.82, 2.24) is 0 Å². The summed E-state index contributed by atoms with van der Waals surface area (Å²) in [7, 11) is 0. The standard InChI is InChI=1S/C44H37Cl4N3O4/c1-25(43(52)53)49-39-21-19-35(23-37(39)41(27-3-11-31(45)12-4-27)28-5-13-32(46)14-6-28)51-36-20-22-40(50-26(2)44(54)55)38(24-36)42(29-7-15-33(47)16-8-29)30-9-17-34(48)18-10-30/h3-26,41-42,49-51H,1-2H3,(H,52,53)(H,54,55). The van der Waals surface area contributed by atoms with Crippen molar-refractivity contribution in [3.8, 4) is 0 Å². The minimum Gasteiger partial charge on any atom is -0.480 e. The van der Waals surface area contributed by atoms with Crippen LogP contribution in [0.15, 0.2) is 133 Å². The van der Waals surface area contributed by atoms with Crippen LogP contribution in [-0.2, 0) is 9.59 Å². The van der Waals surface area contributed by atoms with Crippen LogP contribution in [0.5, 0.6) is 0 Å². The van der Waals surface area contributed by atoms with Gasteiger partial charge in [0.25, 0.3) is 0 Å². The van der Waals surface area contributed by atoms with Gasteiger partial charge in [-0.25, -0.2) is 0 Å². The molecule has 7 nitrogen and oxygen atoms in total. The Morgan fingerprint density at radius 1 is 0.455 bits per heavy atom. The first kappa shape index (κ1) is 39.5. The molecule has 2 unspecified atom stereocenters. The molecule has 0 aliphatic heterocycles. The van der Waals surface area contributed by atoms with Crippen molar-refractivity contribution >= 4 is 81.1 Å². The van der Waals surface area contributed by atoms with E-state index >= 15 is 0 Å². The van der Waals surface area contributed by atoms with Crippen LogP contribution in [0.2, 0.25) is 20.1 Å². The van der Waals surface area contributed by atoms with E-state index in [0.29, 0.717) is 31.5 Å². The average molecular weight is 814 g/mol. The Hall–Kier alpha value is -5.18. The Kier molecular flexibility index (Phi) is 12.6. The third-order valence-corrected chi connectivity index (χ3v) is 10.3. The molecule has 0 heterocycles. The average Bonchev–Trinajstić information content (AvgIpc) is 3.16. The van der Waals surface area contributed by atoms with Gasteiger partial charge in [-0.1, -0.05) is 94.9 Å². The molecule has 2 atom stereocenters. The molecule has 55 heavy (non-hydrogen) atoms. The van der Waals surface area contributed by atoms with Gasteiger partial charge in [-0.05, 0) is 132 Å². The Morgan fingerprint density at radius 3 is 0.982 bits per heavy atom. The smallest absolute Gasteiger partial charge is 0.325 e. The second-order valence-corrected chi connectivity index (χ2v) is 15.0. The van der Waals surface area contributed by atoms with Gasteiger partial charge < -0.3 is 26.2 Å². The van der Waals surface area contributed by atoms with Gasteiger partial charge >= 0.3 is 11.9 Å². The summed E-state index contributed by atoms with van der Waals surface area (Å²) >= 11 is 25.2. The van der Waals surface area contributed by atoms with Gasteiger partial charge in [-0.2, -0.15) is 0 Å². The number of benzene rings is 6. The molecule has 0 bridgehead atoms. The molecule has 5 N–H and O–H groups in total. The van der Waals surface area contributed by atoms with Crippen molar-refractivity contribution in [2.45, 2.75) is 37.8 Å². The molecular weight excluding hydrogens is 776 g/mol. The Labute approximate surface area is 339 Å². The predicted octanol–water partition coefficient (Wildman–Crippen LogP) is 12.2. The quantitative estimate of drug-likeness (QED) is 0.0697. The van der Waals surface area contributed by atoms with Gasteiger partial charge in [0, 0.05) is 54.7 Å². The molecular formula is C44H37Cl4N3O4. The maximum atomic E-state index is 12.0. The molecule has 6 aromatic rings. The van der Waals surface area contributed by atoms with E-state index < -0.39 is 24.0 Å². The minimum atomic E-state index is -0.989. The van der Waals surface area contributed by atoms with Gasteiger partial charge in [0.1, 0.15) is 12.1 Å². The second kappa shape index (κ2) is 17.5. The molecule has 0 saturated carbocycles. The van der Waals surface area contributed by atoms with E-state index in [2.05, 4.69) is 16.0 Å². The highest BCUT2D eigenvalue weighted by Crippen LogP contribution is 2.42. The van der Waals surface area contributed by atoms with E-state index in [4.69, 9.17) is 46.4 Å². The number of hydrogen-bond donors (Lipinski definition) is 5. The summed E-state index contributed by atoms with van der Waals surface area (Å²) in [4.78, 5) is 24.0. The molecule has 6 rings (SSSR count). The molecule has 280 valence electrons. The molecule has 0 aliphatic rings. The maximum absolute atomic E-state index is 12.0. The van der Waals surface area contributed by atoms with Crippen molar-refractivity contribution in [1.29, 1.82) is 0 Å². The van der Waals surface area contributed by atoms with Crippen molar-refractivity contribution < 1.29 is 19.8 Å². The van der Waals surface area contributed by atoms with Gasteiger partial charge in [0.05, 0.1) is 0 Å². The van der Waals surface area contributed by atoms with Crippen LogP contribution in [0, 0.1) is 0 Å².